The minimum absolute atomic E-state index is 0.0303. The van der Waals surface area contributed by atoms with Crippen LogP contribution in [0.1, 0.15) is 45.8 Å². The van der Waals surface area contributed by atoms with Gasteiger partial charge in [0.1, 0.15) is 12.6 Å². The molecule has 0 amide bonds. The van der Waals surface area contributed by atoms with E-state index in [1.54, 1.807) is 12.7 Å². The molecule has 1 aliphatic carbocycles. The van der Waals surface area contributed by atoms with Gasteiger partial charge in [0.2, 0.25) is 0 Å². The minimum atomic E-state index is -0.200. The molecule has 0 bridgehead atoms. The fourth-order valence-electron chi connectivity index (χ4n) is 4.16. The molecule has 27 heavy (non-hydrogen) atoms. The number of rotatable bonds is 6. The van der Waals surface area contributed by atoms with Gasteiger partial charge < -0.3 is 15.2 Å². The molecule has 2 fully saturated rings. The van der Waals surface area contributed by atoms with Crippen LogP contribution in [-0.2, 0) is 4.74 Å². The Balaban J connectivity index is 1.59. The van der Waals surface area contributed by atoms with Crippen molar-refractivity contribution in [3.05, 3.63) is 12.7 Å². The standard InChI is InChI=1S/C19H30N6O2/c1-13(2)7-20-18-17-19(22-11-21-18)25(12-23-17)16-9-24(8-15(10-26)27-16)14-5-3-4-6-14/h11-16,26H,3-10H2,1-2H3,(H,20,21,22)/t15-,16+/m0/s1. The van der Waals surface area contributed by atoms with E-state index in [0.717, 1.165) is 36.6 Å². The highest BCUT2D eigenvalue weighted by Gasteiger charge is 2.34. The zero-order valence-corrected chi connectivity index (χ0v) is 16.2. The summed E-state index contributed by atoms with van der Waals surface area (Å²) in [6.07, 6.45) is 8.05. The highest BCUT2D eigenvalue weighted by atomic mass is 16.5. The summed E-state index contributed by atoms with van der Waals surface area (Å²) in [5, 5.41) is 13.1. The predicted octanol–water partition coefficient (Wildman–Crippen LogP) is 2.03. The second kappa shape index (κ2) is 8.08. The molecule has 2 aliphatic rings. The molecule has 148 valence electrons. The quantitative estimate of drug-likeness (QED) is 0.800. The van der Waals surface area contributed by atoms with Crippen molar-refractivity contribution in [3.63, 3.8) is 0 Å². The summed E-state index contributed by atoms with van der Waals surface area (Å²) in [6, 6.07) is 0.595. The first-order valence-corrected chi connectivity index (χ1v) is 10.1. The van der Waals surface area contributed by atoms with Crippen molar-refractivity contribution in [1.82, 2.24) is 24.4 Å². The second-order valence-electron chi connectivity index (χ2n) is 8.11. The van der Waals surface area contributed by atoms with Crippen LogP contribution in [0, 0.1) is 5.92 Å². The first-order valence-electron chi connectivity index (χ1n) is 10.1. The van der Waals surface area contributed by atoms with Gasteiger partial charge in [-0.1, -0.05) is 26.7 Å². The van der Waals surface area contributed by atoms with Crippen LogP contribution < -0.4 is 5.32 Å². The zero-order valence-electron chi connectivity index (χ0n) is 16.2. The molecule has 4 rings (SSSR count). The largest absolute Gasteiger partial charge is 0.394 e. The summed E-state index contributed by atoms with van der Waals surface area (Å²) < 4.78 is 8.15. The average molecular weight is 374 g/mol. The first-order chi connectivity index (χ1) is 13.2. The Bertz CT molecular complexity index is 758. The SMILES string of the molecule is CC(C)CNc1ncnc2c1ncn2[C@H]1CN(C2CCCC2)C[C@@H](CO)O1. The molecule has 8 heteroatoms. The Morgan fingerprint density at radius 1 is 1.22 bits per heavy atom. The summed E-state index contributed by atoms with van der Waals surface area (Å²) in [5.41, 5.74) is 1.53. The van der Waals surface area contributed by atoms with E-state index in [1.807, 2.05) is 4.57 Å². The molecule has 0 spiro atoms. The van der Waals surface area contributed by atoms with Gasteiger partial charge in [-0.25, -0.2) is 15.0 Å². The van der Waals surface area contributed by atoms with E-state index in [9.17, 15) is 5.11 Å². The Morgan fingerprint density at radius 2 is 2.04 bits per heavy atom. The number of hydrogen-bond donors (Lipinski definition) is 2. The normalized spacial score (nSPS) is 24.9. The molecule has 8 nitrogen and oxygen atoms in total. The van der Waals surface area contributed by atoms with Gasteiger partial charge in [0, 0.05) is 25.7 Å². The molecule has 1 aliphatic heterocycles. The summed E-state index contributed by atoms with van der Waals surface area (Å²) in [4.78, 5) is 15.9. The Hall–Kier alpha value is -1.77. The summed E-state index contributed by atoms with van der Waals surface area (Å²) in [6.45, 7) is 6.77. The molecule has 1 saturated heterocycles. The number of hydrogen-bond acceptors (Lipinski definition) is 7. The van der Waals surface area contributed by atoms with Crippen LogP contribution in [0.2, 0.25) is 0 Å². The van der Waals surface area contributed by atoms with E-state index in [4.69, 9.17) is 4.74 Å². The van der Waals surface area contributed by atoms with Crippen LogP contribution in [0.15, 0.2) is 12.7 Å². The number of fused-ring (bicyclic) bond motifs is 1. The molecular formula is C19H30N6O2. The fraction of sp³-hybridized carbons (Fsp3) is 0.737. The Kier molecular flexibility index (Phi) is 5.56. The van der Waals surface area contributed by atoms with Crippen LogP contribution in [-0.4, -0.2) is 67.9 Å². The molecule has 2 aromatic rings. The summed E-state index contributed by atoms with van der Waals surface area (Å²) >= 11 is 0. The monoisotopic (exact) mass is 374 g/mol. The third kappa shape index (κ3) is 3.93. The Labute approximate surface area is 160 Å². The van der Waals surface area contributed by atoms with Crippen molar-refractivity contribution in [2.45, 2.75) is 57.9 Å². The maximum absolute atomic E-state index is 9.73. The number of imidazole rings is 1. The molecule has 2 N–H and O–H groups in total. The lowest BCUT2D eigenvalue weighted by atomic mass is 10.1. The average Bonchev–Trinajstić information content (AvgIpc) is 3.36. The maximum atomic E-state index is 9.73. The van der Waals surface area contributed by atoms with Gasteiger partial charge in [0.25, 0.3) is 0 Å². The van der Waals surface area contributed by atoms with Crippen molar-refractivity contribution in [1.29, 1.82) is 0 Å². The van der Waals surface area contributed by atoms with E-state index in [-0.39, 0.29) is 18.9 Å². The van der Waals surface area contributed by atoms with Crippen LogP contribution in [0.4, 0.5) is 5.82 Å². The molecule has 1 saturated carbocycles. The third-order valence-electron chi connectivity index (χ3n) is 5.57. The summed E-state index contributed by atoms with van der Waals surface area (Å²) in [7, 11) is 0. The van der Waals surface area contributed by atoms with Crippen molar-refractivity contribution in [3.8, 4) is 0 Å². The van der Waals surface area contributed by atoms with Crippen molar-refractivity contribution < 1.29 is 9.84 Å². The van der Waals surface area contributed by atoms with Crippen molar-refractivity contribution in [2.75, 3.05) is 31.6 Å². The highest BCUT2D eigenvalue weighted by Crippen LogP contribution is 2.30. The van der Waals surface area contributed by atoms with Crippen LogP contribution in [0.3, 0.4) is 0 Å². The Morgan fingerprint density at radius 3 is 2.78 bits per heavy atom. The first kappa shape index (κ1) is 18.6. The van der Waals surface area contributed by atoms with Crippen LogP contribution in [0.5, 0.6) is 0 Å². The summed E-state index contributed by atoms with van der Waals surface area (Å²) in [5.74, 6) is 1.28. The van der Waals surface area contributed by atoms with Gasteiger partial charge in [-0.3, -0.25) is 9.47 Å². The number of nitrogens with zero attached hydrogens (tertiary/aromatic N) is 5. The molecule has 2 aromatic heterocycles. The molecule has 2 atom stereocenters. The number of aliphatic hydroxyl groups excluding tert-OH is 1. The zero-order chi connectivity index (χ0) is 18.8. The van der Waals surface area contributed by atoms with Gasteiger partial charge in [0.05, 0.1) is 19.0 Å². The van der Waals surface area contributed by atoms with E-state index < -0.39 is 0 Å². The lowest BCUT2D eigenvalue weighted by Gasteiger charge is -2.40. The number of morpholine rings is 1. The number of aromatic nitrogens is 4. The number of nitrogens with one attached hydrogen (secondary N) is 1. The van der Waals surface area contributed by atoms with E-state index in [2.05, 4.69) is 39.0 Å². The van der Waals surface area contributed by atoms with Gasteiger partial charge in [-0.05, 0) is 18.8 Å². The lowest BCUT2D eigenvalue weighted by Crippen LogP contribution is -2.50. The molecule has 0 radical (unpaired) electrons. The second-order valence-corrected chi connectivity index (χ2v) is 8.11. The third-order valence-corrected chi connectivity index (χ3v) is 5.57. The van der Waals surface area contributed by atoms with Crippen molar-refractivity contribution >= 4 is 17.0 Å². The minimum Gasteiger partial charge on any atom is -0.394 e. The topological polar surface area (TPSA) is 88.3 Å². The van der Waals surface area contributed by atoms with Gasteiger partial charge >= 0.3 is 0 Å². The number of anilines is 1. The number of ether oxygens (including phenoxy) is 1. The molecule has 3 heterocycles. The van der Waals surface area contributed by atoms with Gasteiger partial charge in [0.15, 0.2) is 17.0 Å². The predicted molar refractivity (Wildman–Crippen MR) is 103 cm³/mol. The van der Waals surface area contributed by atoms with E-state index >= 15 is 0 Å². The molecule has 0 aromatic carbocycles. The van der Waals surface area contributed by atoms with Gasteiger partial charge in [-0.15, -0.1) is 0 Å². The fourth-order valence-corrected chi connectivity index (χ4v) is 4.16. The number of aliphatic hydroxyl groups is 1. The molecular weight excluding hydrogens is 344 g/mol. The maximum Gasteiger partial charge on any atom is 0.167 e. The van der Waals surface area contributed by atoms with Crippen LogP contribution >= 0.6 is 0 Å². The highest BCUT2D eigenvalue weighted by molar-refractivity contribution is 5.82. The lowest BCUT2D eigenvalue weighted by molar-refractivity contribution is -0.141. The van der Waals surface area contributed by atoms with Crippen molar-refractivity contribution in [2.24, 2.45) is 5.92 Å². The van der Waals surface area contributed by atoms with Gasteiger partial charge in [-0.2, -0.15) is 0 Å². The van der Waals surface area contributed by atoms with E-state index in [0.29, 0.717) is 12.0 Å². The van der Waals surface area contributed by atoms with E-state index in [1.165, 1.54) is 25.7 Å². The van der Waals surface area contributed by atoms with Crippen LogP contribution in [0.25, 0.3) is 11.2 Å². The smallest absolute Gasteiger partial charge is 0.167 e. The molecule has 0 unspecified atom stereocenters.